The summed E-state index contributed by atoms with van der Waals surface area (Å²) in [6.07, 6.45) is 0.0131. The second kappa shape index (κ2) is 6.46. The highest BCUT2D eigenvalue weighted by Gasteiger charge is 2.11. The Labute approximate surface area is 122 Å². The zero-order chi connectivity index (χ0) is 14.5. The molecular weight excluding hydrogens is 272 g/mol. The van der Waals surface area contributed by atoms with Gasteiger partial charge in [0.25, 0.3) is 0 Å². The number of nitrogens with zero attached hydrogens (tertiary/aromatic N) is 4. The third kappa shape index (κ3) is 3.32. The first kappa shape index (κ1) is 14.4. The topological polar surface area (TPSA) is 62.0 Å². The minimum Gasteiger partial charge on any atom is -0.375 e. The van der Waals surface area contributed by atoms with Gasteiger partial charge in [0.15, 0.2) is 0 Å². The number of thiazole rings is 1. The molecule has 0 radical (unpaired) electrons. The summed E-state index contributed by atoms with van der Waals surface area (Å²) in [7, 11) is 3.61. The van der Waals surface area contributed by atoms with Crippen LogP contribution in [0.1, 0.15) is 29.4 Å². The number of hydrogen-bond donors (Lipinski definition) is 0. The van der Waals surface area contributed by atoms with E-state index in [1.807, 2.05) is 42.5 Å². The predicted molar refractivity (Wildman–Crippen MR) is 78.6 cm³/mol. The van der Waals surface area contributed by atoms with Crippen molar-refractivity contribution in [2.24, 2.45) is 0 Å². The van der Waals surface area contributed by atoms with Gasteiger partial charge in [-0.3, -0.25) is 0 Å². The Balaban J connectivity index is 2.09. The summed E-state index contributed by atoms with van der Waals surface area (Å²) in [6.45, 7) is 2.62. The molecule has 104 valence electrons. The highest BCUT2D eigenvalue weighted by molar-refractivity contribution is 7.09. The Morgan fingerprint density at radius 1 is 1.45 bits per heavy atom. The Kier molecular flexibility index (Phi) is 4.66. The van der Waals surface area contributed by atoms with E-state index in [4.69, 9.17) is 10.00 Å². The van der Waals surface area contributed by atoms with Crippen LogP contribution in [0.2, 0.25) is 0 Å². The number of hydrogen-bond acceptors (Lipinski definition) is 6. The lowest BCUT2D eigenvalue weighted by Crippen LogP contribution is -2.18. The van der Waals surface area contributed by atoms with Crippen molar-refractivity contribution in [3.05, 3.63) is 40.0 Å². The van der Waals surface area contributed by atoms with Crippen molar-refractivity contribution in [1.82, 2.24) is 9.97 Å². The molecule has 0 spiro atoms. The Morgan fingerprint density at radius 2 is 2.25 bits per heavy atom. The molecule has 0 saturated heterocycles. The molecule has 0 saturated carbocycles. The smallest absolute Gasteiger partial charge is 0.142 e. The molecule has 0 N–H and O–H groups in total. The van der Waals surface area contributed by atoms with Crippen LogP contribution in [0, 0.1) is 11.3 Å². The standard InChI is InChI=1S/C14H16N4OS/c1-10(19-3)14-17-12(9-20-14)8-18(2)13-6-4-5-11(7-15)16-13/h4-6,9-10H,8H2,1-3H3. The molecule has 6 heteroatoms. The van der Waals surface area contributed by atoms with Crippen molar-refractivity contribution in [3.63, 3.8) is 0 Å². The van der Waals surface area contributed by atoms with Crippen molar-refractivity contribution in [2.75, 3.05) is 19.1 Å². The monoisotopic (exact) mass is 288 g/mol. The van der Waals surface area contributed by atoms with Gasteiger partial charge in [-0.05, 0) is 19.1 Å². The molecule has 2 aromatic rings. The van der Waals surface area contributed by atoms with Gasteiger partial charge in [-0.2, -0.15) is 5.26 Å². The first-order valence-corrected chi connectivity index (χ1v) is 7.07. The van der Waals surface area contributed by atoms with Gasteiger partial charge in [0, 0.05) is 19.5 Å². The first-order valence-electron chi connectivity index (χ1n) is 6.19. The van der Waals surface area contributed by atoms with Gasteiger partial charge in [0.1, 0.15) is 28.7 Å². The zero-order valence-electron chi connectivity index (χ0n) is 11.7. The van der Waals surface area contributed by atoms with Gasteiger partial charge in [0.05, 0.1) is 12.2 Å². The SMILES string of the molecule is COC(C)c1nc(CN(C)c2cccc(C#N)n2)cs1. The van der Waals surface area contributed by atoms with Crippen LogP contribution in [0.25, 0.3) is 0 Å². The predicted octanol–water partition coefficient (Wildman–Crippen LogP) is 2.75. The number of anilines is 1. The lowest BCUT2D eigenvalue weighted by atomic mass is 10.3. The normalized spacial score (nSPS) is 11.9. The molecule has 20 heavy (non-hydrogen) atoms. The Bertz CT molecular complexity index is 620. The van der Waals surface area contributed by atoms with Crippen LogP contribution < -0.4 is 4.90 Å². The average molecular weight is 288 g/mol. The molecule has 1 unspecified atom stereocenters. The van der Waals surface area contributed by atoms with E-state index in [9.17, 15) is 0 Å². The molecule has 2 rings (SSSR count). The maximum Gasteiger partial charge on any atom is 0.142 e. The van der Waals surface area contributed by atoms with Crippen LogP contribution in [0.3, 0.4) is 0 Å². The molecule has 0 aromatic carbocycles. The van der Waals surface area contributed by atoms with Gasteiger partial charge in [-0.25, -0.2) is 9.97 Å². The molecule has 1 atom stereocenters. The molecule has 0 aliphatic heterocycles. The minimum atomic E-state index is 0.0131. The maximum absolute atomic E-state index is 8.87. The fourth-order valence-corrected chi connectivity index (χ4v) is 2.55. The highest BCUT2D eigenvalue weighted by atomic mass is 32.1. The maximum atomic E-state index is 8.87. The zero-order valence-corrected chi connectivity index (χ0v) is 12.5. The first-order chi connectivity index (χ1) is 9.63. The van der Waals surface area contributed by atoms with Crippen molar-refractivity contribution < 1.29 is 4.74 Å². The van der Waals surface area contributed by atoms with E-state index in [1.165, 1.54) is 0 Å². The van der Waals surface area contributed by atoms with Crippen LogP contribution in [-0.4, -0.2) is 24.1 Å². The Morgan fingerprint density at radius 3 is 2.95 bits per heavy atom. The Hall–Kier alpha value is -1.97. The van der Waals surface area contributed by atoms with E-state index in [-0.39, 0.29) is 6.10 Å². The van der Waals surface area contributed by atoms with Crippen molar-refractivity contribution in [1.29, 1.82) is 5.26 Å². The van der Waals surface area contributed by atoms with Crippen molar-refractivity contribution in [2.45, 2.75) is 19.6 Å². The van der Waals surface area contributed by atoms with E-state index >= 15 is 0 Å². The summed E-state index contributed by atoms with van der Waals surface area (Å²) < 4.78 is 5.26. The summed E-state index contributed by atoms with van der Waals surface area (Å²) in [5.74, 6) is 0.762. The average Bonchev–Trinajstić information content (AvgIpc) is 2.95. The lowest BCUT2D eigenvalue weighted by molar-refractivity contribution is 0.119. The van der Waals surface area contributed by atoms with Crippen LogP contribution in [0.5, 0.6) is 0 Å². The highest BCUT2D eigenvalue weighted by Crippen LogP contribution is 2.21. The van der Waals surface area contributed by atoms with Crippen molar-refractivity contribution in [3.8, 4) is 6.07 Å². The third-order valence-corrected chi connectivity index (χ3v) is 3.96. The van der Waals surface area contributed by atoms with Gasteiger partial charge in [-0.1, -0.05) is 6.07 Å². The minimum absolute atomic E-state index is 0.0131. The largest absolute Gasteiger partial charge is 0.375 e. The second-order valence-electron chi connectivity index (χ2n) is 4.40. The van der Waals surface area contributed by atoms with E-state index in [1.54, 1.807) is 24.5 Å². The number of nitriles is 1. The van der Waals surface area contributed by atoms with Crippen LogP contribution in [0.4, 0.5) is 5.82 Å². The van der Waals surface area contributed by atoms with Gasteiger partial charge < -0.3 is 9.64 Å². The summed E-state index contributed by atoms with van der Waals surface area (Å²) in [4.78, 5) is 10.8. The summed E-state index contributed by atoms with van der Waals surface area (Å²) in [5.41, 5.74) is 1.39. The number of methoxy groups -OCH3 is 1. The molecule has 0 aliphatic rings. The molecule has 0 bridgehead atoms. The molecular formula is C14H16N4OS. The number of pyridine rings is 1. The van der Waals surface area contributed by atoms with E-state index in [2.05, 4.69) is 9.97 Å². The molecule has 5 nitrogen and oxygen atoms in total. The fourth-order valence-electron chi connectivity index (χ4n) is 1.70. The van der Waals surface area contributed by atoms with Gasteiger partial charge in [0.2, 0.25) is 0 Å². The van der Waals surface area contributed by atoms with Gasteiger partial charge in [-0.15, -0.1) is 11.3 Å². The fraction of sp³-hybridized carbons (Fsp3) is 0.357. The molecule has 0 aliphatic carbocycles. The third-order valence-electron chi connectivity index (χ3n) is 2.91. The molecule has 0 fully saturated rings. The quantitative estimate of drug-likeness (QED) is 0.846. The summed E-state index contributed by atoms with van der Waals surface area (Å²) in [6, 6.07) is 7.45. The van der Waals surface area contributed by atoms with Crippen molar-refractivity contribution >= 4 is 17.2 Å². The molecule has 2 heterocycles. The van der Waals surface area contributed by atoms with Crippen LogP contribution in [-0.2, 0) is 11.3 Å². The lowest BCUT2D eigenvalue weighted by Gasteiger charge is -2.16. The van der Waals surface area contributed by atoms with Crippen LogP contribution in [0.15, 0.2) is 23.6 Å². The van der Waals surface area contributed by atoms with Crippen LogP contribution >= 0.6 is 11.3 Å². The summed E-state index contributed by atoms with van der Waals surface area (Å²) >= 11 is 1.59. The second-order valence-corrected chi connectivity index (χ2v) is 5.29. The number of rotatable bonds is 5. The number of aromatic nitrogens is 2. The number of ether oxygens (including phenoxy) is 1. The van der Waals surface area contributed by atoms with E-state index in [0.29, 0.717) is 12.2 Å². The summed E-state index contributed by atoms with van der Waals surface area (Å²) in [5, 5.41) is 11.9. The molecule has 2 aromatic heterocycles. The van der Waals surface area contributed by atoms with E-state index in [0.717, 1.165) is 16.5 Å². The van der Waals surface area contributed by atoms with Gasteiger partial charge >= 0.3 is 0 Å². The van der Waals surface area contributed by atoms with E-state index < -0.39 is 0 Å². The molecule has 0 amide bonds.